The summed E-state index contributed by atoms with van der Waals surface area (Å²) in [5.41, 5.74) is 0.891. The van der Waals surface area contributed by atoms with E-state index < -0.39 is 5.92 Å². The van der Waals surface area contributed by atoms with Crippen LogP contribution >= 0.6 is 0 Å². The average molecular weight is 192 g/mol. The van der Waals surface area contributed by atoms with Crippen LogP contribution in [0.15, 0.2) is 12.2 Å². The van der Waals surface area contributed by atoms with E-state index in [0.717, 1.165) is 5.57 Å². The summed E-state index contributed by atoms with van der Waals surface area (Å²) >= 11 is 0. The van der Waals surface area contributed by atoms with Crippen LogP contribution in [0.3, 0.4) is 0 Å². The van der Waals surface area contributed by atoms with Crippen molar-refractivity contribution in [3.05, 3.63) is 12.2 Å². The van der Waals surface area contributed by atoms with E-state index in [0.29, 0.717) is 6.54 Å². The molecule has 0 rings (SSSR count). The highest BCUT2D eigenvalue weighted by Crippen LogP contribution is 2.13. The molecule has 0 saturated heterocycles. The van der Waals surface area contributed by atoms with Crippen molar-refractivity contribution in [2.24, 2.45) is 0 Å². The molecule has 0 unspecified atom stereocenters. The lowest BCUT2D eigenvalue weighted by Crippen LogP contribution is -2.41. The molecular formula is C9H18F2N2. The fourth-order valence-corrected chi connectivity index (χ4v) is 1.23. The molecule has 0 radical (unpaired) electrons. The lowest BCUT2D eigenvalue weighted by atomic mass is 10.2. The van der Waals surface area contributed by atoms with E-state index in [-0.39, 0.29) is 13.1 Å². The Morgan fingerprint density at radius 2 is 2.08 bits per heavy atom. The normalized spacial score (nSPS) is 12.2. The molecule has 0 atom stereocenters. The lowest BCUT2D eigenvalue weighted by molar-refractivity contribution is -0.0214. The summed E-state index contributed by atoms with van der Waals surface area (Å²) in [4.78, 5) is 1.57. The number of rotatable bonds is 6. The molecule has 13 heavy (non-hydrogen) atoms. The highest BCUT2D eigenvalue weighted by atomic mass is 19.3. The standard InChI is InChI=1S/C9H18F2N2/c1-8(2)5-13(4)7-9(10,11)6-12-3/h12H,1,5-7H2,2-4H3. The summed E-state index contributed by atoms with van der Waals surface area (Å²) in [7, 11) is 3.19. The minimum absolute atomic E-state index is 0.235. The monoisotopic (exact) mass is 192 g/mol. The van der Waals surface area contributed by atoms with Crippen LogP contribution in [-0.4, -0.2) is 44.6 Å². The van der Waals surface area contributed by atoms with Crippen LogP contribution in [0.25, 0.3) is 0 Å². The molecule has 1 N–H and O–H groups in total. The fraction of sp³-hybridized carbons (Fsp3) is 0.778. The molecule has 0 aromatic rings. The third-order valence-corrected chi connectivity index (χ3v) is 1.48. The molecule has 0 aliphatic carbocycles. The first-order chi connectivity index (χ1) is 5.87. The van der Waals surface area contributed by atoms with Gasteiger partial charge in [-0.1, -0.05) is 12.2 Å². The van der Waals surface area contributed by atoms with Crippen molar-refractivity contribution in [3.8, 4) is 0 Å². The Hall–Kier alpha value is -0.480. The highest BCUT2D eigenvalue weighted by Gasteiger charge is 2.29. The molecule has 0 amide bonds. The molecule has 4 heteroatoms. The molecule has 0 fully saturated rings. The lowest BCUT2D eigenvalue weighted by Gasteiger charge is -2.23. The molecule has 0 aliphatic heterocycles. The second kappa shape index (κ2) is 5.29. The second-order valence-corrected chi connectivity index (χ2v) is 3.52. The second-order valence-electron chi connectivity index (χ2n) is 3.52. The van der Waals surface area contributed by atoms with Gasteiger partial charge in [0.15, 0.2) is 0 Å². The molecule has 0 bridgehead atoms. The van der Waals surface area contributed by atoms with E-state index >= 15 is 0 Å². The van der Waals surface area contributed by atoms with Gasteiger partial charge in [0, 0.05) is 6.54 Å². The first kappa shape index (κ1) is 12.5. The zero-order valence-corrected chi connectivity index (χ0v) is 8.53. The minimum atomic E-state index is -2.67. The number of nitrogens with one attached hydrogen (secondary N) is 1. The number of hydrogen-bond acceptors (Lipinski definition) is 2. The topological polar surface area (TPSA) is 15.3 Å². The maximum atomic E-state index is 13.0. The van der Waals surface area contributed by atoms with Crippen molar-refractivity contribution in [2.45, 2.75) is 12.8 Å². The van der Waals surface area contributed by atoms with Gasteiger partial charge in [-0.15, -0.1) is 0 Å². The van der Waals surface area contributed by atoms with Crippen molar-refractivity contribution in [3.63, 3.8) is 0 Å². The summed E-state index contributed by atoms with van der Waals surface area (Å²) in [5, 5.41) is 2.47. The van der Waals surface area contributed by atoms with Crippen LogP contribution in [0, 0.1) is 0 Å². The third kappa shape index (κ3) is 6.66. The average Bonchev–Trinajstić information content (AvgIpc) is 1.81. The Labute approximate surface area is 78.6 Å². The molecule has 0 aromatic carbocycles. The van der Waals surface area contributed by atoms with Gasteiger partial charge in [-0.2, -0.15) is 0 Å². The van der Waals surface area contributed by atoms with Gasteiger partial charge < -0.3 is 5.32 Å². The SMILES string of the molecule is C=C(C)CN(C)CC(F)(F)CNC. The Kier molecular flexibility index (Phi) is 5.10. The van der Waals surface area contributed by atoms with Crippen LogP contribution < -0.4 is 5.32 Å². The number of halogens is 2. The Balaban J connectivity index is 3.88. The summed E-state index contributed by atoms with van der Waals surface area (Å²) in [6, 6.07) is 0. The summed E-state index contributed by atoms with van der Waals surface area (Å²) in [5.74, 6) is -2.67. The predicted molar refractivity (Wildman–Crippen MR) is 51.2 cm³/mol. The van der Waals surface area contributed by atoms with Crippen LogP contribution in [0.5, 0.6) is 0 Å². The summed E-state index contributed by atoms with van der Waals surface area (Å²) in [6.07, 6.45) is 0. The number of hydrogen-bond donors (Lipinski definition) is 1. The molecule has 0 saturated carbocycles. The van der Waals surface area contributed by atoms with E-state index in [2.05, 4.69) is 11.9 Å². The van der Waals surface area contributed by atoms with Gasteiger partial charge >= 0.3 is 0 Å². The molecule has 0 aromatic heterocycles. The fourth-order valence-electron chi connectivity index (χ4n) is 1.23. The molecule has 0 heterocycles. The Morgan fingerprint density at radius 3 is 2.46 bits per heavy atom. The van der Waals surface area contributed by atoms with Gasteiger partial charge in [0.25, 0.3) is 5.92 Å². The highest BCUT2D eigenvalue weighted by molar-refractivity contribution is 4.92. The maximum absolute atomic E-state index is 13.0. The van der Waals surface area contributed by atoms with Crippen molar-refractivity contribution in [1.82, 2.24) is 10.2 Å². The van der Waals surface area contributed by atoms with Crippen molar-refractivity contribution >= 4 is 0 Å². The third-order valence-electron chi connectivity index (χ3n) is 1.48. The largest absolute Gasteiger partial charge is 0.314 e. The zero-order valence-electron chi connectivity index (χ0n) is 8.53. The van der Waals surface area contributed by atoms with Crippen LogP contribution in [0.1, 0.15) is 6.92 Å². The Bertz CT molecular complexity index is 169. The molecule has 2 nitrogen and oxygen atoms in total. The van der Waals surface area contributed by atoms with Gasteiger partial charge in [-0.05, 0) is 21.0 Å². The summed E-state index contributed by atoms with van der Waals surface area (Å²) in [6.45, 7) is 5.49. The maximum Gasteiger partial charge on any atom is 0.272 e. The molecule has 0 aliphatic rings. The van der Waals surface area contributed by atoms with Crippen LogP contribution in [0.4, 0.5) is 8.78 Å². The van der Waals surface area contributed by atoms with E-state index in [1.807, 2.05) is 6.92 Å². The van der Waals surface area contributed by atoms with E-state index in [9.17, 15) is 8.78 Å². The van der Waals surface area contributed by atoms with Crippen LogP contribution in [0.2, 0.25) is 0 Å². The van der Waals surface area contributed by atoms with Gasteiger partial charge in [0.2, 0.25) is 0 Å². The zero-order chi connectivity index (χ0) is 10.5. The van der Waals surface area contributed by atoms with Crippen molar-refractivity contribution < 1.29 is 8.78 Å². The van der Waals surface area contributed by atoms with E-state index in [4.69, 9.17) is 0 Å². The quantitative estimate of drug-likeness (QED) is 0.639. The number of likely N-dealkylation sites (N-methyl/N-ethyl adjacent to an activating group) is 1. The number of alkyl halides is 2. The van der Waals surface area contributed by atoms with Gasteiger partial charge in [-0.25, -0.2) is 8.78 Å². The Morgan fingerprint density at radius 1 is 1.54 bits per heavy atom. The molecule has 0 spiro atoms. The predicted octanol–water partition coefficient (Wildman–Crippen LogP) is 1.35. The first-order valence-electron chi connectivity index (χ1n) is 4.23. The van der Waals surface area contributed by atoms with Gasteiger partial charge in [0.1, 0.15) is 0 Å². The van der Waals surface area contributed by atoms with Crippen LogP contribution in [-0.2, 0) is 0 Å². The van der Waals surface area contributed by atoms with Crippen molar-refractivity contribution in [2.75, 3.05) is 33.7 Å². The minimum Gasteiger partial charge on any atom is -0.314 e. The van der Waals surface area contributed by atoms with Gasteiger partial charge in [0.05, 0.1) is 13.1 Å². The molecular weight excluding hydrogens is 174 g/mol. The molecule has 78 valence electrons. The van der Waals surface area contributed by atoms with Gasteiger partial charge in [-0.3, -0.25) is 4.90 Å². The van der Waals surface area contributed by atoms with E-state index in [1.54, 1.807) is 11.9 Å². The van der Waals surface area contributed by atoms with Crippen molar-refractivity contribution in [1.29, 1.82) is 0 Å². The number of nitrogens with zero attached hydrogens (tertiary/aromatic N) is 1. The summed E-state index contributed by atoms with van der Waals surface area (Å²) < 4.78 is 26.0. The first-order valence-corrected chi connectivity index (χ1v) is 4.23. The van der Waals surface area contributed by atoms with E-state index in [1.165, 1.54) is 7.05 Å². The smallest absolute Gasteiger partial charge is 0.272 e.